The fraction of sp³-hybridized carbons (Fsp3) is 0.421. The highest BCUT2D eigenvalue weighted by molar-refractivity contribution is 5.98. The van der Waals surface area contributed by atoms with E-state index < -0.39 is 0 Å². The number of aryl methyl sites for hydroxylation is 1. The van der Waals surface area contributed by atoms with Crippen LogP contribution >= 0.6 is 0 Å². The monoisotopic (exact) mass is 370 g/mol. The predicted molar refractivity (Wildman–Crippen MR) is 105 cm³/mol. The maximum absolute atomic E-state index is 12.6. The lowest BCUT2D eigenvalue weighted by atomic mass is 10.2. The van der Waals surface area contributed by atoms with E-state index in [9.17, 15) is 4.79 Å². The Morgan fingerprint density at radius 3 is 2.67 bits per heavy atom. The van der Waals surface area contributed by atoms with Gasteiger partial charge in [0.2, 0.25) is 5.91 Å². The average Bonchev–Trinajstić information content (AvgIpc) is 3.11. The first-order chi connectivity index (χ1) is 13.1. The Balaban J connectivity index is 1.66. The van der Waals surface area contributed by atoms with E-state index in [2.05, 4.69) is 10.4 Å². The minimum atomic E-state index is 0.0456. The van der Waals surface area contributed by atoms with Crippen LogP contribution in [0.25, 0.3) is 0 Å². The standard InChI is InChI=1S/C19H26N6O2/c1-4-20-19(21-11-15-5-7-17(27-3)8-6-15)24-9-10-25(18(26)14-24)16-12-22-23(2)13-16/h5-8,12-13H,4,9-11,14H2,1-3H3,(H,20,21). The number of piperazine rings is 1. The van der Waals surface area contributed by atoms with Crippen LogP contribution in [0.1, 0.15) is 12.5 Å². The highest BCUT2D eigenvalue weighted by Gasteiger charge is 2.27. The molecule has 1 aromatic heterocycles. The van der Waals surface area contributed by atoms with Crippen LogP contribution in [-0.4, -0.2) is 59.8 Å². The van der Waals surface area contributed by atoms with Crippen molar-refractivity contribution in [3.8, 4) is 5.75 Å². The molecule has 27 heavy (non-hydrogen) atoms. The number of anilines is 1. The van der Waals surface area contributed by atoms with E-state index in [1.807, 2.05) is 49.3 Å². The highest BCUT2D eigenvalue weighted by Crippen LogP contribution is 2.16. The van der Waals surface area contributed by atoms with Gasteiger partial charge in [0.15, 0.2) is 5.96 Å². The van der Waals surface area contributed by atoms with E-state index in [1.165, 1.54) is 0 Å². The molecule has 1 aromatic carbocycles. The largest absolute Gasteiger partial charge is 0.497 e. The van der Waals surface area contributed by atoms with Crippen molar-refractivity contribution in [2.75, 3.05) is 38.2 Å². The van der Waals surface area contributed by atoms with Crippen molar-refractivity contribution in [2.24, 2.45) is 12.0 Å². The quantitative estimate of drug-likeness (QED) is 0.633. The van der Waals surface area contributed by atoms with E-state index in [0.29, 0.717) is 19.6 Å². The zero-order valence-corrected chi connectivity index (χ0v) is 16.1. The van der Waals surface area contributed by atoms with Gasteiger partial charge in [-0.15, -0.1) is 0 Å². The number of ether oxygens (including phenoxy) is 1. The fourth-order valence-corrected chi connectivity index (χ4v) is 3.00. The second-order valence-corrected chi connectivity index (χ2v) is 6.36. The molecule has 1 fully saturated rings. The Bertz CT molecular complexity index is 799. The molecule has 2 aromatic rings. The summed E-state index contributed by atoms with van der Waals surface area (Å²) in [4.78, 5) is 21.1. The Morgan fingerprint density at radius 2 is 2.07 bits per heavy atom. The van der Waals surface area contributed by atoms with Gasteiger partial charge in [0.05, 0.1) is 25.5 Å². The molecule has 8 nitrogen and oxygen atoms in total. The summed E-state index contributed by atoms with van der Waals surface area (Å²) in [7, 11) is 3.50. The van der Waals surface area contributed by atoms with Crippen LogP contribution in [0.3, 0.4) is 0 Å². The van der Waals surface area contributed by atoms with Crippen LogP contribution in [0.2, 0.25) is 0 Å². The Labute approximate surface area is 159 Å². The molecular weight excluding hydrogens is 344 g/mol. The summed E-state index contributed by atoms with van der Waals surface area (Å²) in [6.45, 7) is 4.94. The number of carbonyl (C=O) groups excluding carboxylic acids is 1. The van der Waals surface area contributed by atoms with Crippen LogP contribution in [-0.2, 0) is 18.4 Å². The van der Waals surface area contributed by atoms with Gasteiger partial charge in [-0.1, -0.05) is 12.1 Å². The molecule has 144 valence electrons. The second kappa shape index (κ2) is 8.57. The molecular formula is C19H26N6O2. The van der Waals surface area contributed by atoms with Gasteiger partial charge in [-0.25, -0.2) is 4.99 Å². The third-order valence-electron chi connectivity index (χ3n) is 4.43. The number of benzene rings is 1. The third-order valence-corrected chi connectivity index (χ3v) is 4.43. The van der Waals surface area contributed by atoms with Gasteiger partial charge < -0.3 is 19.9 Å². The number of aromatic nitrogens is 2. The molecule has 0 unspecified atom stereocenters. The Kier molecular flexibility index (Phi) is 5.95. The van der Waals surface area contributed by atoms with Crippen LogP contribution in [0, 0.1) is 0 Å². The van der Waals surface area contributed by atoms with Gasteiger partial charge in [-0.2, -0.15) is 5.10 Å². The smallest absolute Gasteiger partial charge is 0.246 e. The summed E-state index contributed by atoms with van der Waals surface area (Å²) in [5.41, 5.74) is 1.92. The first-order valence-electron chi connectivity index (χ1n) is 9.06. The minimum Gasteiger partial charge on any atom is -0.497 e. The van der Waals surface area contributed by atoms with E-state index in [1.54, 1.807) is 22.9 Å². The molecule has 8 heteroatoms. The molecule has 0 saturated carbocycles. The van der Waals surface area contributed by atoms with E-state index >= 15 is 0 Å². The molecule has 1 saturated heterocycles. The number of nitrogens with zero attached hydrogens (tertiary/aromatic N) is 5. The van der Waals surface area contributed by atoms with Crippen LogP contribution in [0.15, 0.2) is 41.7 Å². The van der Waals surface area contributed by atoms with Crippen molar-refractivity contribution in [2.45, 2.75) is 13.5 Å². The fourth-order valence-electron chi connectivity index (χ4n) is 3.00. The zero-order valence-electron chi connectivity index (χ0n) is 16.1. The number of hydrogen-bond donors (Lipinski definition) is 1. The molecule has 2 heterocycles. The lowest BCUT2D eigenvalue weighted by Gasteiger charge is -2.35. The van der Waals surface area contributed by atoms with Crippen LogP contribution in [0.4, 0.5) is 5.69 Å². The predicted octanol–water partition coefficient (Wildman–Crippen LogP) is 1.24. The van der Waals surface area contributed by atoms with Gasteiger partial charge in [0, 0.05) is 32.9 Å². The van der Waals surface area contributed by atoms with Crippen molar-refractivity contribution in [1.29, 1.82) is 0 Å². The molecule has 0 spiro atoms. The molecule has 0 aliphatic carbocycles. The van der Waals surface area contributed by atoms with Crippen molar-refractivity contribution in [3.63, 3.8) is 0 Å². The van der Waals surface area contributed by atoms with Crippen molar-refractivity contribution >= 4 is 17.6 Å². The van der Waals surface area contributed by atoms with Gasteiger partial charge in [0.1, 0.15) is 12.3 Å². The average molecular weight is 370 g/mol. The van der Waals surface area contributed by atoms with Crippen LogP contribution < -0.4 is 15.0 Å². The van der Waals surface area contributed by atoms with E-state index in [4.69, 9.17) is 9.73 Å². The Hall–Kier alpha value is -3.03. The normalized spacial score (nSPS) is 15.2. The molecule has 1 N–H and O–H groups in total. The lowest BCUT2D eigenvalue weighted by Crippen LogP contribution is -2.55. The van der Waals surface area contributed by atoms with Crippen molar-refractivity contribution in [1.82, 2.24) is 20.0 Å². The maximum Gasteiger partial charge on any atom is 0.246 e. The first-order valence-corrected chi connectivity index (χ1v) is 9.06. The number of guanidine groups is 1. The number of rotatable bonds is 5. The van der Waals surface area contributed by atoms with Gasteiger partial charge >= 0.3 is 0 Å². The molecule has 1 aliphatic rings. The maximum atomic E-state index is 12.6. The third kappa shape index (κ3) is 4.58. The number of aliphatic imine (C=N–C) groups is 1. The first kappa shape index (κ1) is 18.8. The molecule has 0 atom stereocenters. The minimum absolute atomic E-state index is 0.0456. The summed E-state index contributed by atoms with van der Waals surface area (Å²) in [5, 5.41) is 7.44. The number of carbonyl (C=O) groups is 1. The topological polar surface area (TPSA) is 75.0 Å². The zero-order chi connectivity index (χ0) is 19.2. The Morgan fingerprint density at radius 1 is 1.30 bits per heavy atom. The summed E-state index contributed by atoms with van der Waals surface area (Å²) in [6.07, 6.45) is 3.58. The van der Waals surface area contributed by atoms with Gasteiger partial charge in [-0.3, -0.25) is 9.48 Å². The van der Waals surface area contributed by atoms with Gasteiger partial charge in [-0.05, 0) is 24.6 Å². The second-order valence-electron chi connectivity index (χ2n) is 6.36. The summed E-state index contributed by atoms with van der Waals surface area (Å²) >= 11 is 0. The lowest BCUT2D eigenvalue weighted by molar-refractivity contribution is -0.120. The number of nitrogens with one attached hydrogen (secondary N) is 1. The van der Waals surface area contributed by atoms with Crippen molar-refractivity contribution in [3.05, 3.63) is 42.2 Å². The molecule has 3 rings (SSSR count). The molecule has 1 amide bonds. The van der Waals surface area contributed by atoms with Crippen molar-refractivity contribution < 1.29 is 9.53 Å². The van der Waals surface area contributed by atoms with E-state index in [0.717, 1.165) is 36.0 Å². The summed E-state index contributed by atoms with van der Waals surface area (Å²) in [5.74, 6) is 1.63. The van der Waals surface area contributed by atoms with Gasteiger partial charge in [0.25, 0.3) is 0 Å². The molecule has 0 radical (unpaired) electrons. The SMILES string of the molecule is CCNC(=NCc1ccc(OC)cc1)N1CCN(c2cnn(C)c2)C(=O)C1. The summed E-state index contributed by atoms with van der Waals surface area (Å²) < 4.78 is 6.89. The number of methoxy groups -OCH3 is 1. The molecule has 0 bridgehead atoms. The van der Waals surface area contributed by atoms with E-state index in [-0.39, 0.29) is 5.91 Å². The number of hydrogen-bond acceptors (Lipinski definition) is 4. The highest BCUT2D eigenvalue weighted by atomic mass is 16.5. The molecule has 1 aliphatic heterocycles. The number of amides is 1. The van der Waals surface area contributed by atoms with Crippen LogP contribution in [0.5, 0.6) is 5.75 Å². The summed E-state index contributed by atoms with van der Waals surface area (Å²) in [6, 6.07) is 7.84.